The number of hydrogen-bond donors (Lipinski definition) is 0. The van der Waals surface area contributed by atoms with Crippen LogP contribution in [0, 0.1) is 0 Å². The lowest BCUT2D eigenvalue weighted by Gasteiger charge is -2.22. The predicted octanol–water partition coefficient (Wildman–Crippen LogP) is 9.45. The van der Waals surface area contributed by atoms with Crippen molar-refractivity contribution >= 4 is 38.1 Å². The summed E-state index contributed by atoms with van der Waals surface area (Å²) in [5.41, 5.74) is 15.4. The van der Waals surface area contributed by atoms with Crippen LogP contribution in [0.3, 0.4) is 0 Å². The molecule has 0 atom stereocenters. The number of nitrogens with zero attached hydrogens (tertiary/aromatic N) is 1. The molecule has 0 unspecified atom stereocenters. The van der Waals surface area contributed by atoms with Gasteiger partial charge in [-0.1, -0.05) is 107 Å². The number of benzene rings is 5. The fourth-order valence-electron chi connectivity index (χ4n) is 8.12. The Kier molecular flexibility index (Phi) is 3.28. The monoisotopic (exact) mass is 473 g/mol. The number of fused-ring (bicyclic) bond motifs is 14. The van der Waals surface area contributed by atoms with Crippen LogP contribution >= 0.6 is 0 Å². The van der Waals surface area contributed by atoms with Gasteiger partial charge >= 0.3 is 0 Å². The van der Waals surface area contributed by atoms with E-state index in [2.05, 4.69) is 123 Å². The SMILES string of the molecule is CC1(C)c2ccccc2-c2c1ccc1c2c2cccc3c4c5c(ccc4n1c23)-c1ccccc1C5(C)C. The van der Waals surface area contributed by atoms with Crippen LogP contribution in [0.15, 0.2) is 91.0 Å². The first-order chi connectivity index (χ1) is 17.9. The van der Waals surface area contributed by atoms with Crippen molar-refractivity contribution in [1.82, 2.24) is 4.40 Å². The molecule has 0 N–H and O–H groups in total. The lowest BCUT2D eigenvalue weighted by Crippen LogP contribution is -2.15. The molecular weight excluding hydrogens is 446 g/mol. The highest BCUT2D eigenvalue weighted by Crippen LogP contribution is 2.56. The third-order valence-electron chi connectivity index (χ3n) is 9.71. The molecule has 9 rings (SSSR count). The molecule has 0 amide bonds. The van der Waals surface area contributed by atoms with Crippen LogP contribution in [-0.2, 0) is 10.8 Å². The Morgan fingerprint density at radius 3 is 1.89 bits per heavy atom. The second-order valence-electron chi connectivity index (χ2n) is 12.1. The van der Waals surface area contributed by atoms with E-state index in [1.807, 2.05) is 0 Å². The second-order valence-corrected chi connectivity index (χ2v) is 12.1. The van der Waals surface area contributed by atoms with Gasteiger partial charge in [0.1, 0.15) is 0 Å². The van der Waals surface area contributed by atoms with Crippen molar-refractivity contribution in [1.29, 1.82) is 0 Å². The quantitative estimate of drug-likeness (QED) is 0.207. The number of hydrogen-bond acceptors (Lipinski definition) is 0. The summed E-state index contributed by atoms with van der Waals surface area (Å²) in [5.74, 6) is 0. The molecule has 0 bridgehead atoms. The largest absolute Gasteiger partial charge is 0.308 e. The van der Waals surface area contributed by atoms with Crippen LogP contribution in [0.5, 0.6) is 0 Å². The molecule has 0 radical (unpaired) electrons. The molecule has 0 fully saturated rings. The van der Waals surface area contributed by atoms with Crippen molar-refractivity contribution in [3.63, 3.8) is 0 Å². The summed E-state index contributed by atoms with van der Waals surface area (Å²) in [6.45, 7) is 9.54. The average molecular weight is 474 g/mol. The van der Waals surface area contributed by atoms with E-state index in [0.717, 1.165) is 0 Å². The Balaban J connectivity index is 1.50. The molecule has 0 saturated carbocycles. The van der Waals surface area contributed by atoms with Crippen molar-refractivity contribution < 1.29 is 0 Å². The topological polar surface area (TPSA) is 4.41 Å². The first-order valence-corrected chi connectivity index (χ1v) is 13.4. The summed E-state index contributed by atoms with van der Waals surface area (Å²) in [4.78, 5) is 0. The van der Waals surface area contributed by atoms with Gasteiger partial charge in [0.15, 0.2) is 0 Å². The molecule has 1 heteroatoms. The maximum absolute atomic E-state index is 2.56. The van der Waals surface area contributed by atoms with Gasteiger partial charge in [-0.2, -0.15) is 0 Å². The van der Waals surface area contributed by atoms with E-state index in [-0.39, 0.29) is 10.8 Å². The van der Waals surface area contributed by atoms with Crippen LogP contribution in [0.1, 0.15) is 49.9 Å². The molecule has 37 heavy (non-hydrogen) atoms. The van der Waals surface area contributed by atoms with Crippen LogP contribution in [0.4, 0.5) is 0 Å². The molecule has 0 saturated heterocycles. The summed E-state index contributed by atoms with van der Waals surface area (Å²) in [6, 6.07) is 34.5. The van der Waals surface area contributed by atoms with Crippen LogP contribution in [-0.4, -0.2) is 4.40 Å². The molecule has 176 valence electrons. The fraction of sp³-hybridized carbons (Fsp3) is 0.167. The van der Waals surface area contributed by atoms with E-state index in [9.17, 15) is 0 Å². The van der Waals surface area contributed by atoms with E-state index in [1.165, 1.54) is 82.6 Å². The minimum atomic E-state index is -0.0382. The van der Waals surface area contributed by atoms with E-state index in [0.29, 0.717) is 0 Å². The lowest BCUT2D eigenvalue weighted by atomic mass is 9.80. The Labute approximate surface area is 216 Å². The zero-order chi connectivity index (χ0) is 24.8. The van der Waals surface area contributed by atoms with Gasteiger partial charge in [-0.05, 0) is 56.6 Å². The maximum atomic E-state index is 2.56. The molecule has 2 aliphatic carbocycles. The van der Waals surface area contributed by atoms with Crippen molar-refractivity contribution in [2.75, 3.05) is 0 Å². The molecule has 0 aliphatic heterocycles. The van der Waals surface area contributed by atoms with Gasteiger partial charge in [0, 0.05) is 32.4 Å². The molecular formula is C36H27N. The van der Waals surface area contributed by atoms with Crippen molar-refractivity contribution in [2.24, 2.45) is 0 Å². The second kappa shape index (κ2) is 6.06. The van der Waals surface area contributed by atoms with Crippen molar-refractivity contribution in [3.8, 4) is 22.3 Å². The molecule has 1 nitrogen and oxygen atoms in total. The fourth-order valence-corrected chi connectivity index (χ4v) is 8.12. The molecule has 2 aliphatic rings. The van der Waals surface area contributed by atoms with E-state index < -0.39 is 0 Å². The van der Waals surface area contributed by atoms with E-state index in [4.69, 9.17) is 0 Å². The van der Waals surface area contributed by atoms with Gasteiger partial charge in [0.2, 0.25) is 0 Å². The van der Waals surface area contributed by atoms with Crippen molar-refractivity contribution in [3.05, 3.63) is 113 Å². The first kappa shape index (κ1) is 20.0. The van der Waals surface area contributed by atoms with E-state index in [1.54, 1.807) is 0 Å². The molecule has 2 aromatic heterocycles. The number of rotatable bonds is 0. The Bertz CT molecular complexity index is 2130. The summed E-state index contributed by atoms with van der Waals surface area (Å²) >= 11 is 0. The maximum Gasteiger partial charge on any atom is 0.0620 e. The summed E-state index contributed by atoms with van der Waals surface area (Å²) < 4.78 is 2.56. The predicted molar refractivity (Wildman–Crippen MR) is 156 cm³/mol. The average Bonchev–Trinajstić information content (AvgIpc) is 3.57. The summed E-state index contributed by atoms with van der Waals surface area (Å²) in [5, 5.41) is 5.57. The van der Waals surface area contributed by atoms with Crippen molar-refractivity contribution in [2.45, 2.75) is 38.5 Å². The Morgan fingerprint density at radius 2 is 1.11 bits per heavy atom. The third kappa shape index (κ3) is 2.05. The highest BCUT2D eigenvalue weighted by Gasteiger charge is 2.40. The molecule has 5 aromatic carbocycles. The van der Waals surface area contributed by atoms with Crippen LogP contribution in [0.25, 0.3) is 60.3 Å². The third-order valence-corrected chi connectivity index (χ3v) is 9.71. The Morgan fingerprint density at radius 1 is 0.486 bits per heavy atom. The molecule has 0 spiro atoms. The van der Waals surface area contributed by atoms with Gasteiger partial charge in [0.05, 0.1) is 16.6 Å². The van der Waals surface area contributed by atoms with Crippen LogP contribution < -0.4 is 0 Å². The first-order valence-electron chi connectivity index (χ1n) is 13.4. The van der Waals surface area contributed by atoms with Gasteiger partial charge in [-0.15, -0.1) is 0 Å². The molecule has 7 aromatic rings. The zero-order valence-corrected chi connectivity index (χ0v) is 21.6. The standard InChI is InChI=1S/C36H27N/c1-35(2)26-15-8-6-11-22(26)30-27(35)17-19-28-31(30)23-12-9-13-24-32-29(37(28)34(23)24)18-16-21-20-10-5-7-14-25(20)36(3,4)33(21)32/h5-19H,1-4H3. The van der Waals surface area contributed by atoms with Crippen LogP contribution in [0.2, 0.25) is 0 Å². The van der Waals surface area contributed by atoms with Gasteiger partial charge < -0.3 is 4.40 Å². The number of para-hydroxylation sites is 1. The van der Waals surface area contributed by atoms with E-state index >= 15 is 0 Å². The summed E-state index contributed by atoms with van der Waals surface area (Å²) in [7, 11) is 0. The summed E-state index contributed by atoms with van der Waals surface area (Å²) in [6.07, 6.45) is 0. The normalized spacial score (nSPS) is 16.5. The Hall–Kier alpha value is -4.10. The van der Waals surface area contributed by atoms with Gasteiger partial charge in [-0.3, -0.25) is 0 Å². The number of aromatic nitrogens is 1. The smallest absolute Gasteiger partial charge is 0.0620 e. The van der Waals surface area contributed by atoms with Gasteiger partial charge in [-0.25, -0.2) is 0 Å². The molecule has 2 heterocycles. The highest BCUT2D eigenvalue weighted by atomic mass is 14.9. The highest BCUT2D eigenvalue weighted by molar-refractivity contribution is 6.28. The minimum Gasteiger partial charge on any atom is -0.308 e. The lowest BCUT2D eigenvalue weighted by molar-refractivity contribution is 0.661. The zero-order valence-electron chi connectivity index (χ0n) is 21.6. The van der Waals surface area contributed by atoms with Gasteiger partial charge in [0.25, 0.3) is 0 Å². The minimum absolute atomic E-state index is 0.00476.